The Morgan fingerprint density at radius 1 is 1.12 bits per heavy atom. The topological polar surface area (TPSA) is 18.5 Å². The Labute approximate surface area is 117 Å². The molecule has 0 unspecified atom stereocenters. The zero-order valence-corrected chi connectivity index (χ0v) is 12.2. The normalized spacial score (nSPS) is 24.6. The molecule has 1 aliphatic rings. The minimum Gasteiger partial charge on any atom is -0.487 e. The Kier molecular flexibility index (Phi) is 5.37. The summed E-state index contributed by atoms with van der Waals surface area (Å²) in [6, 6.07) is 6.57. The van der Waals surface area contributed by atoms with Gasteiger partial charge in [-0.2, -0.15) is 0 Å². The summed E-state index contributed by atoms with van der Waals surface area (Å²) in [6.07, 6.45) is 4.25. The van der Waals surface area contributed by atoms with Crippen molar-refractivity contribution in [3.05, 3.63) is 30.1 Å². The molecule has 17 heavy (non-hydrogen) atoms. The summed E-state index contributed by atoms with van der Waals surface area (Å²) in [4.78, 5) is 0. The highest BCUT2D eigenvalue weighted by Gasteiger charge is 2.23. The van der Waals surface area contributed by atoms with E-state index in [0.717, 1.165) is 25.7 Å². The molecule has 0 spiro atoms. The Balaban J connectivity index is 1.84. The van der Waals surface area contributed by atoms with Crippen molar-refractivity contribution < 1.29 is 13.3 Å². The van der Waals surface area contributed by atoms with E-state index < -0.39 is 0 Å². The maximum absolute atomic E-state index is 13.4. The molecule has 1 saturated carbocycles. The molecule has 2 nitrogen and oxygen atoms in total. The van der Waals surface area contributed by atoms with Gasteiger partial charge in [0.1, 0.15) is 0 Å². The van der Waals surface area contributed by atoms with Gasteiger partial charge in [0.2, 0.25) is 0 Å². The average Bonchev–Trinajstić information content (AvgIpc) is 2.35. The number of hydrogen-bond donors (Lipinski definition) is 0. The van der Waals surface area contributed by atoms with Crippen LogP contribution < -0.4 is 4.74 Å². The van der Waals surface area contributed by atoms with Crippen LogP contribution >= 0.6 is 30.4 Å². The van der Waals surface area contributed by atoms with E-state index in [0.29, 0.717) is 11.9 Å². The quantitative estimate of drug-likeness (QED) is 0.575. The molecule has 1 aromatic rings. The molecular formula is C12H14FIO2S. The fourth-order valence-corrected chi connectivity index (χ4v) is 3.19. The maximum atomic E-state index is 13.4. The van der Waals surface area contributed by atoms with E-state index in [9.17, 15) is 4.39 Å². The second kappa shape index (κ2) is 6.80. The third-order valence-electron chi connectivity index (χ3n) is 2.92. The first kappa shape index (κ1) is 13.4. The summed E-state index contributed by atoms with van der Waals surface area (Å²) in [6.45, 7) is 0. The lowest BCUT2D eigenvalue weighted by Crippen LogP contribution is -2.27. The summed E-state index contributed by atoms with van der Waals surface area (Å²) in [5, 5.41) is 0. The number of ether oxygens (including phenoxy) is 1. The van der Waals surface area contributed by atoms with Gasteiger partial charge in [-0.3, -0.25) is 0 Å². The van der Waals surface area contributed by atoms with Gasteiger partial charge < -0.3 is 8.92 Å². The van der Waals surface area contributed by atoms with Crippen molar-refractivity contribution in [1.29, 1.82) is 0 Å². The van der Waals surface area contributed by atoms with Gasteiger partial charge >= 0.3 is 0 Å². The predicted molar refractivity (Wildman–Crippen MR) is 75.8 cm³/mol. The first-order valence-corrected chi connectivity index (χ1v) is 8.93. The van der Waals surface area contributed by atoms with Crippen molar-refractivity contribution in [2.75, 3.05) is 0 Å². The lowest BCUT2D eigenvalue weighted by Gasteiger charge is -2.27. The van der Waals surface area contributed by atoms with Crippen LogP contribution in [0.4, 0.5) is 4.39 Å². The lowest BCUT2D eigenvalue weighted by molar-refractivity contribution is 0.0906. The summed E-state index contributed by atoms with van der Waals surface area (Å²) < 4.78 is 24.5. The SMILES string of the molecule is Fc1ccccc1OC1CCC(OSI)CC1. The van der Waals surface area contributed by atoms with Gasteiger partial charge in [-0.05, 0) is 37.8 Å². The second-order valence-corrected chi connectivity index (χ2v) is 5.50. The monoisotopic (exact) mass is 368 g/mol. The lowest BCUT2D eigenvalue weighted by atomic mass is 9.95. The smallest absolute Gasteiger partial charge is 0.165 e. The Morgan fingerprint density at radius 2 is 1.76 bits per heavy atom. The van der Waals surface area contributed by atoms with Crippen molar-refractivity contribution >= 4 is 30.4 Å². The van der Waals surface area contributed by atoms with Crippen molar-refractivity contribution in [3.8, 4) is 5.75 Å². The predicted octanol–water partition coefficient (Wildman–Crippen LogP) is 4.53. The minimum absolute atomic E-state index is 0.117. The molecule has 1 aromatic carbocycles. The average molecular weight is 368 g/mol. The Bertz CT molecular complexity index is 356. The van der Waals surface area contributed by atoms with E-state index in [4.69, 9.17) is 8.92 Å². The third-order valence-corrected chi connectivity index (χ3v) is 3.89. The van der Waals surface area contributed by atoms with Crippen LogP contribution in [0.2, 0.25) is 0 Å². The van der Waals surface area contributed by atoms with Gasteiger partial charge in [0.15, 0.2) is 11.6 Å². The van der Waals surface area contributed by atoms with Gasteiger partial charge in [-0.1, -0.05) is 12.1 Å². The van der Waals surface area contributed by atoms with Gasteiger partial charge in [0.25, 0.3) is 0 Å². The van der Waals surface area contributed by atoms with E-state index >= 15 is 0 Å². The first-order valence-electron chi connectivity index (χ1n) is 5.65. The molecule has 94 valence electrons. The molecule has 5 heteroatoms. The van der Waals surface area contributed by atoms with Crippen molar-refractivity contribution in [3.63, 3.8) is 0 Å². The summed E-state index contributed by atoms with van der Waals surface area (Å²) in [5.41, 5.74) is 0. The molecule has 1 aliphatic carbocycles. The first-order chi connectivity index (χ1) is 8.29. The van der Waals surface area contributed by atoms with E-state index in [-0.39, 0.29) is 11.9 Å². The van der Waals surface area contributed by atoms with Crippen molar-refractivity contribution in [1.82, 2.24) is 0 Å². The van der Waals surface area contributed by atoms with Crippen molar-refractivity contribution in [2.45, 2.75) is 37.9 Å². The number of hydrogen-bond acceptors (Lipinski definition) is 3. The van der Waals surface area contributed by atoms with Gasteiger partial charge in [-0.15, -0.1) is 0 Å². The Hall–Kier alpha value is -0.0100. The molecule has 0 N–H and O–H groups in total. The zero-order chi connectivity index (χ0) is 12.1. The van der Waals surface area contributed by atoms with Gasteiger partial charge in [0, 0.05) is 21.2 Å². The summed E-state index contributed by atoms with van der Waals surface area (Å²) in [7, 11) is 1.38. The number of benzene rings is 1. The van der Waals surface area contributed by atoms with Crippen LogP contribution in [0.25, 0.3) is 0 Å². The highest BCUT2D eigenvalue weighted by molar-refractivity contribution is 14.2. The van der Waals surface area contributed by atoms with Crippen LogP contribution in [0.3, 0.4) is 0 Å². The molecule has 0 aliphatic heterocycles. The minimum atomic E-state index is -0.284. The fraction of sp³-hybridized carbons (Fsp3) is 0.500. The molecule has 0 aromatic heterocycles. The van der Waals surface area contributed by atoms with Gasteiger partial charge in [0.05, 0.1) is 21.4 Å². The van der Waals surface area contributed by atoms with E-state index in [1.165, 1.54) is 15.3 Å². The molecule has 0 atom stereocenters. The van der Waals surface area contributed by atoms with Crippen LogP contribution in [0.1, 0.15) is 25.7 Å². The molecule has 0 bridgehead atoms. The van der Waals surface area contributed by atoms with Crippen LogP contribution in [-0.2, 0) is 4.18 Å². The van der Waals surface area contributed by atoms with E-state index in [1.807, 2.05) is 0 Å². The third kappa shape index (κ3) is 3.99. The van der Waals surface area contributed by atoms with Crippen LogP contribution in [0, 0.1) is 5.82 Å². The Morgan fingerprint density at radius 3 is 2.41 bits per heavy atom. The van der Waals surface area contributed by atoms with Crippen molar-refractivity contribution in [2.24, 2.45) is 0 Å². The standard InChI is InChI=1S/C12H14FIO2S/c13-11-3-1-2-4-12(11)15-9-5-7-10(8-6-9)16-17-14/h1-4,9-10H,5-8H2. The zero-order valence-electron chi connectivity index (χ0n) is 9.27. The molecule has 2 rings (SSSR count). The second-order valence-electron chi connectivity index (χ2n) is 4.11. The maximum Gasteiger partial charge on any atom is 0.165 e. The largest absolute Gasteiger partial charge is 0.487 e. The molecule has 0 amide bonds. The van der Waals surface area contributed by atoms with Gasteiger partial charge in [-0.25, -0.2) is 4.39 Å². The molecular weight excluding hydrogens is 354 g/mol. The number of para-hydroxylation sites is 1. The fourth-order valence-electron chi connectivity index (χ4n) is 2.02. The molecule has 0 heterocycles. The van der Waals surface area contributed by atoms with Crippen LogP contribution in [0.5, 0.6) is 5.75 Å². The highest BCUT2D eigenvalue weighted by atomic mass is 127. The summed E-state index contributed by atoms with van der Waals surface area (Å²) >= 11 is 2.13. The summed E-state index contributed by atoms with van der Waals surface area (Å²) in [5.74, 6) is 0.0776. The van der Waals surface area contributed by atoms with Crippen LogP contribution in [-0.4, -0.2) is 12.2 Å². The molecule has 0 radical (unpaired) electrons. The van der Waals surface area contributed by atoms with E-state index in [1.54, 1.807) is 18.2 Å². The van der Waals surface area contributed by atoms with E-state index in [2.05, 4.69) is 21.2 Å². The molecule has 1 fully saturated rings. The molecule has 0 saturated heterocycles. The number of rotatable bonds is 4. The highest BCUT2D eigenvalue weighted by Crippen LogP contribution is 2.29. The number of halogens is 2. The van der Waals surface area contributed by atoms with Crippen LogP contribution in [0.15, 0.2) is 24.3 Å².